The summed E-state index contributed by atoms with van der Waals surface area (Å²) in [5, 5.41) is 0. The van der Waals surface area contributed by atoms with Gasteiger partial charge in [0.2, 0.25) is 5.95 Å². The first kappa shape index (κ1) is 14.7. The fraction of sp³-hybridized carbons (Fsp3) is 0.692. The number of aromatic nitrogens is 2. The molecule has 0 aromatic carbocycles. The molecule has 0 amide bonds. The van der Waals surface area contributed by atoms with E-state index in [2.05, 4.69) is 9.97 Å². The van der Waals surface area contributed by atoms with Gasteiger partial charge >= 0.3 is 0 Å². The van der Waals surface area contributed by atoms with Gasteiger partial charge in [-0.1, -0.05) is 0 Å². The van der Waals surface area contributed by atoms with Crippen LogP contribution in [0.3, 0.4) is 0 Å². The molecule has 3 rings (SSSR count). The molecular formula is C13H21N5O2S. The minimum Gasteiger partial charge on any atom is -0.368 e. The second-order valence-electron chi connectivity index (χ2n) is 6.11. The Bertz CT molecular complexity index is 657. The van der Waals surface area contributed by atoms with Crippen molar-refractivity contribution < 1.29 is 8.42 Å². The topological polar surface area (TPSA) is 92.4 Å². The quantitative estimate of drug-likeness (QED) is 0.839. The van der Waals surface area contributed by atoms with Crippen molar-refractivity contribution in [2.45, 2.75) is 31.1 Å². The maximum Gasteiger partial charge on any atom is 0.281 e. The smallest absolute Gasteiger partial charge is 0.281 e. The van der Waals surface area contributed by atoms with E-state index in [0.29, 0.717) is 13.1 Å². The van der Waals surface area contributed by atoms with Crippen LogP contribution in [0.1, 0.15) is 30.5 Å². The van der Waals surface area contributed by atoms with Gasteiger partial charge < -0.3 is 5.73 Å². The predicted octanol–water partition coefficient (Wildman–Crippen LogP) is 0.145. The van der Waals surface area contributed by atoms with Gasteiger partial charge in [0.15, 0.2) is 0 Å². The molecule has 1 saturated heterocycles. The minimum atomic E-state index is -3.38. The number of fused-ring (bicyclic) bond motifs is 2. The lowest BCUT2D eigenvalue weighted by Gasteiger charge is -2.40. The van der Waals surface area contributed by atoms with E-state index >= 15 is 0 Å². The fourth-order valence-corrected chi connectivity index (χ4v) is 4.70. The largest absolute Gasteiger partial charge is 0.368 e. The second kappa shape index (κ2) is 4.89. The van der Waals surface area contributed by atoms with Crippen molar-refractivity contribution >= 4 is 16.2 Å². The highest BCUT2D eigenvalue weighted by Gasteiger charge is 2.46. The van der Waals surface area contributed by atoms with E-state index in [1.807, 2.05) is 0 Å². The molecule has 1 unspecified atom stereocenters. The van der Waals surface area contributed by atoms with Gasteiger partial charge in [0.05, 0.1) is 5.69 Å². The monoisotopic (exact) mass is 311 g/mol. The molecule has 2 heterocycles. The first-order valence-corrected chi connectivity index (χ1v) is 8.54. The van der Waals surface area contributed by atoms with E-state index in [9.17, 15) is 8.42 Å². The van der Waals surface area contributed by atoms with Gasteiger partial charge in [-0.15, -0.1) is 0 Å². The zero-order chi connectivity index (χ0) is 15.3. The molecule has 1 aromatic rings. The van der Waals surface area contributed by atoms with Crippen LogP contribution in [-0.2, 0) is 22.0 Å². The third-order valence-electron chi connectivity index (χ3n) is 4.59. The summed E-state index contributed by atoms with van der Waals surface area (Å²) in [7, 11) is -0.246. The van der Waals surface area contributed by atoms with Crippen LogP contribution in [0.25, 0.3) is 0 Å². The Morgan fingerprint density at radius 2 is 2.14 bits per heavy atom. The molecule has 21 heavy (non-hydrogen) atoms. The first-order chi connectivity index (χ1) is 9.85. The lowest BCUT2D eigenvalue weighted by molar-refractivity contribution is 0.212. The van der Waals surface area contributed by atoms with Crippen molar-refractivity contribution in [2.24, 2.45) is 0 Å². The summed E-state index contributed by atoms with van der Waals surface area (Å²) in [5.74, 6) is 0.266. The SMILES string of the molecule is CN(C)S(=O)(=O)N1CCCC2(CCc3cnc(N)nc32)C1. The van der Waals surface area contributed by atoms with Crippen molar-refractivity contribution in [3.05, 3.63) is 17.5 Å². The normalized spacial score (nSPS) is 26.4. The molecule has 7 nitrogen and oxygen atoms in total. The molecule has 2 aliphatic rings. The summed E-state index contributed by atoms with van der Waals surface area (Å²) in [4.78, 5) is 8.47. The molecule has 2 N–H and O–H groups in total. The predicted molar refractivity (Wildman–Crippen MR) is 79.9 cm³/mol. The van der Waals surface area contributed by atoms with E-state index in [4.69, 9.17) is 5.73 Å². The van der Waals surface area contributed by atoms with Crippen LogP contribution in [0.5, 0.6) is 0 Å². The van der Waals surface area contributed by atoms with Crippen molar-refractivity contribution in [1.82, 2.24) is 18.6 Å². The molecule has 116 valence electrons. The van der Waals surface area contributed by atoms with Gasteiger partial charge in [-0.2, -0.15) is 17.0 Å². The summed E-state index contributed by atoms with van der Waals surface area (Å²) in [6.45, 7) is 1.05. The number of hydrogen-bond acceptors (Lipinski definition) is 5. The molecule has 0 bridgehead atoms. The van der Waals surface area contributed by atoms with Crippen LogP contribution in [0, 0.1) is 0 Å². The number of anilines is 1. The summed E-state index contributed by atoms with van der Waals surface area (Å²) in [6, 6.07) is 0. The molecule has 0 saturated carbocycles. The molecule has 1 aliphatic heterocycles. The third kappa shape index (κ3) is 2.31. The average molecular weight is 311 g/mol. The van der Waals surface area contributed by atoms with E-state index in [0.717, 1.165) is 36.9 Å². The molecule has 1 aromatic heterocycles. The van der Waals surface area contributed by atoms with Crippen LogP contribution in [0.2, 0.25) is 0 Å². The van der Waals surface area contributed by atoms with Crippen molar-refractivity contribution in [1.29, 1.82) is 0 Å². The Morgan fingerprint density at radius 1 is 1.38 bits per heavy atom. The lowest BCUT2D eigenvalue weighted by atomic mass is 9.78. The van der Waals surface area contributed by atoms with Crippen LogP contribution in [0.15, 0.2) is 6.20 Å². The maximum absolute atomic E-state index is 12.4. The molecular weight excluding hydrogens is 290 g/mol. The van der Waals surface area contributed by atoms with Gasteiger partial charge in [0.25, 0.3) is 10.2 Å². The van der Waals surface area contributed by atoms with E-state index in [1.54, 1.807) is 24.6 Å². The molecule has 0 radical (unpaired) electrons. The number of nitrogens with two attached hydrogens (primary N) is 1. The second-order valence-corrected chi connectivity index (χ2v) is 8.25. The molecule has 1 fully saturated rings. The van der Waals surface area contributed by atoms with Crippen LogP contribution >= 0.6 is 0 Å². The van der Waals surface area contributed by atoms with Crippen molar-refractivity contribution in [2.75, 3.05) is 32.9 Å². The van der Waals surface area contributed by atoms with Gasteiger partial charge in [-0.05, 0) is 31.2 Å². The molecule has 1 spiro atoms. The summed E-state index contributed by atoms with van der Waals surface area (Å²) in [6.07, 6.45) is 5.39. The molecule has 1 atom stereocenters. The Hall–Kier alpha value is -1.25. The number of hydrogen-bond donors (Lipinski definition) is 1. The third-order valence-corrected chi connectivity index (χ3v) is 6.48. The van der Waals surface area contributed by atoms with Gasteiger partial charge in [-0.3, -0.25) is 0 Å². The van der Waals surface area contributed by atoms with Crippen LogP contribution < -0.4 is 5.73 Å². The highest BCUT2D eigenvalue weighted by atomic mass is 32.2. The number of nitrogen functional groups attached to an aromatic ring is 1. The Morgan fingerprint density at radius 3 is 2.86 bits per heavy atom. The van der Waals surface area contributed by atoms with Crippen LogP contribution in [-0.4, -0.2) is 54.2 Å². The summed E-state index contributed by atoms with van der Waals surface area (Å²) >= 11 is 0. The van der Waals surface area contributed by atoms with Gasteiger partial charge in [0.1, 0.15) is 0 Å². The highest BCUT2D eigenvalue weighted by Crippen LogP contribution is 2.44. The summed E-state index contributed by atoms with van der Waals surface area (Å²) < 4.78 is 27.6. The lowest BCUT2D eigenvalue weighted by Crippen LogP contribution is -2.51. The van der Waals surface area contributed by atoms with Crippen LogP contribution in [0.4, 0.5) is 5.95 Å². The van der Waals surface area contributed by atoms with Gasteiger partial charge in [-0.25, -0.2) is 9.97 Å². The number of nitrogens with zero attached hydrogens (tertiary/aromatic N) is 4. The minimum absolute atomic E-state index is 0.201. The zero-order valence-corrected chi connectivity index (χ0v) is 13.2. The van der Waals surface area contributed by atoms with E-state index in [1.165, 1.54) is 4.31 Å². The Balaban J connectivity index is 1.97. The van der Waals surface area contributed by atoms with Crippen molar-refractivity contribution in [3.63, 3.8) is 0 Å². The van der Waals surface area contributed by atoms with E-state index < -0.39 is 10.2 Å². The highest BCUT2D eigenvalue weighted by molar-refractivity contribution is 7.86. The zero-order valence-electron chi connectivity index (χ0n) is 12.4. The Labute approximate surface area is 125 Å². The Kier molecular flexibility index (Phi) is 3.42. The molecule has 1 aliphatic carbocycles. The summed E-state index contributed by atoms with van der Waals surface area (Å²) in [5.41, 5.74) is 7.58. The fourth-order valence-electron chi connectivity index (χ4n) is 3.47. The van der Waals surface area contributed by atoms with E-state index in [-0.39, 0.29) is 11.4 Å². The average Bonchev–Trinajstić information content (AvgIpc) is 2.77. The van der Waals surface area contributed by atoms with Gasteiger partial charge in [0, 0.05) is 38.8 Å². The van der Waals surface area contributed by atoms with Crippen molar-refractivity contribution in [3.8, 4) is 0 Å². The maximum atomic E-state index is 12.4. The number of aryl methyl sites for hydroxylation is 1. The number of piperidine rings is 1. The first-order valence-electron chi connectivity index (χ1n) is 7.15. The standard InChI is InChI=1S/C13H21N5O2S/c1-17(2)21(19,20)18-7-3-5-13(9-18)6-4-10-8-15-12(14)16-11(10)13/h8H,3-7,9H2,1-2H3,(H2,14,15,16). The number of rotatable bonds is 2. The molecule has 8 heteroatoms.